The molecule has 1 unspecified atom stereocenters. The van der Waals surface area contributed by atoms with E-state index in [1.807, 2.05) is 11.4 Å². The zero-order valence-electron chi connectivity index (χ0n) is 9.92. The summed E-state index contributed by atoms with van der Waals surface area (Å²) in [5, 5.41) is 2.84. The van der Waals surface area contributed by atoms with E-state index in [0.29, 0.717) is 0 Å². The van der Waals surface area contributed by atoms with Gasteiger partial charge in [0, 0.05) is 4.88 Å². The van der Waals surface area contributed by atoms with Crippen LogP contribution in [-0.4, -0.2) is 0 Å². The zero-order chi connectivity index (χ0) is 12.1. The van der Waals surface area contributed by atoms with E-state index in [1.54, 1.807) is 11.3 Å². The van der Waals surface area contributed by atoms with E-state index in [9.17, 15) is 0 Å². The van der Waals surface area contributed by atoms with E-state index in [-0.39, 0.29) is 6.04 Å². The molecule has 0 spiro atoms. The molecule has 0 saturated heterocycles. The zero-order valence-corrected chi connectivity index (χ0v) is 11.5. The number of nitrogens with one attached hydrogen (secondary N) is 1. The van der Waals surface area contributed by atoms with Gasteiger partial charge in [0.25, 0.3) is 0 Å². The van der Waals surface area contributed by atoms with Gasteiger partial charge in [0.05, 0.1) is 11.1 Å². The average Bonchev–Trinajstić information content (AvgIpc) is 2.69. The predicted octanol–water partition coefficient (Wildman–Crippen LogP) is 4.19. The first-order chi connectivity index (χ1) is 8.33. The van der Waals surface area contributed by atoms with Crippen LogP contribution in [0.2, 0.25) is 5.02 Å². The summed E-state index contributed by atoms with van der Waals surface area (Å²) < 4.78 is 0. The van der Waals surface area contributed by atoms with Crippen molar-refractivity contribution in [2.24, 2.45) is 5.84 Å². The van der Waals surface area contributed by atoms with Crippen LogP contribution in [0.3, 0.4) is 0 Å². The summed E-state index contributed by atoms with van der Waals surface area (Å²) in [4.78, 5) is 1.14. The van der Waals surface area contributed by atoms with Crippen LogP contribution in [0.1, 0.15) is 49.4 Å². The standard InChI is InChI=1S/C13H19ClN2S/c14-11-8-9-17-13(11)12(16-15)10-6-4-2-1-3-5-7-10/h6,8-9,12,16H,1-5,7,15H2/b10-6+. The van der Waals surface area contributed by atoms with Gasteiger partial charge in [-0.3, -0.25) is 5.84 Å². The topological polar surface area (TPSA) is 38.0 Å². The summed E-state index contributed by atoms with van der Waals surface area (Å²) in [6, 6.07) is 2.04. The van der Waals surface area contributed by atoms with Gasteiger partial charge in [-0.2, -0.15) is 0 Å². The summed E-state index contributed by atoms with van der Waals surface area (Å²) in [5.41, 5.74) is 4.32. The fourth-order valence-electron chi connectivity index (χ4n) is 2.34. The number of hydrogen-bond donors (Lipinski definition) is 2. The molecule has 1 aromatic rings. The molecule has 1 atom stereocenters. The number of rotatable bonds is 3. The SMILES string of the molecule is NNC(/C1=C/CCCCCC1)c1sccc1Cl. The molecule has 2 rings (SSSR count). The molecule has 0 aromatic carbocycles. The third-order valence-electron chi connectivity index (χ3n) is 3.27. The maximum Gasteiger partial charge on any atom is 0.0777 e. The highest BCUT2D eigenvalue weighted by Crippen LogP contribution is 2.35. The minimum atomic E-state index is 0.0978. The smallest absolute Gasteiger partial charge is 0.0777 e. The Hall–Kier alpha value is -0.350. The Balaban J connectivity index is 2.19. The van der Waals surface area contributed by atoms with Crippen molar-refractivity contribution in [2.75, 3.05) is 0 Å². The van der Waals surface area contributed by atoms with E-state index >= 15 is 0 Å². The molecule has 1 heterocycles. The lowest BCUT2D eigenvalue weighted by Crippen LogP contribution is -2.29. The van der Waals surface area contributed by atoms with Gasteiger partial charge in [0.15, 0.2) is 0 Å². The number of hydrogen-bond acceptors (Lipinski definition) is 3. The second-order valence-electron chi connectivity index (χ2n) is 4.46. The lowest BCUT2D eigenvalue weighted by atomic mass is 9.94. The van der Waals surface area contributed by atoms with Crippen molar-refractivity contribution in [3.63, 3.8) is 0 Å². The minimum absolute atomic E-state index is 0.0978. The van der Waals surface area contributed by atoms with Crippen molar-refractivity contribution < 1.29 is 0 Å². The maximum absolute atomic E-state index is 6.19. The van der Waals surface area contributed by atoms with Crippen LogP contribution in [-0.2, 0) is 0 Å². The molecule has 0 aliphatic heterocycles. The van der Waals surface area contributed by atoms with Crippen LogP contribution in [0, 0.1) is 0 Å². The molecule has 0 amide bonds. The summed E-state index contributed by atoms with van der Waals surface area (Å²) in [6.45, 7) is 0. The average molecular weight is 271 g/mol. The fraction of sp³-hybridized carbons (Fsp3) is 0.538. The van der Waals surface area contributed by atoms with Gasteiger partial charge >= 0.3 is 0 Å². The van der Waals surface area contributed by atoms with Crippen molar-refractivity contribution in [2.45, 2.75) is 44.6 Å². The molecular formula is C13H19ClN2S. The number of hydrazine groups is 1. The largest absolute Gasteiger partial charge is 0.271 e. The Bertz CT molecular complexity index is 387. The Kier molecular flexibility index (Phi) is 5.04. The van der Waals surface area contributed by atoms with Crippen molar-refractivity contribution in [3.05, 3.63) is 33.0 Å². The molecule has 3 N–H and O–H groups in total. The van der Waals surface area contributed by atoms with Crippen LogP contribution in [0.5, 0.6) is 0 Å². The lowest BCUT2D eigenvalue weighted by Gasteiger charge is -2.21. The highest BCUT2D eigenvalue weighted by Gasteiger charge is 2.19. The predicted molar refractivity (Wildman–Crippen MR) is 75.2 cm³/mol. The first-order valence-corrected chi connectivity index (χ1v) is 7.46. The van der Waals surface area contributed by atoms with E-state index < -0.39 is 0 Å². The molecule has 94 valence electrons. The third kappa shape index (κ3) is 3.32. The van der Waals surface area contributed by atoms with Gasteiger partial charge in [-0.05, 0) is 37.1 Å². The quantitative estimate of drug-likeness (QED) is 0.491. The lowest BCUT2D eigenvalue weighted by molar-refractivity contribution is 0.560. The Morgan fingerprint density at radius 2 is 2.12 bits per heavy atom. The van der Waals surface area contributed by atoms with Crippen LogP contribution in [0.4, 0.5) is 0 Å². The van der Waals surface area contributed by atoms with Gasteiger partial charge < -0.3 is 0 Å². The summed E-state index contributed by atoms with van der Waals surface area (Å²) in [7, 11) is 0. The van der Waals surface area contributed by atoms with Crippen molar-refractivity contribution in [3.8, 4) is 0 Å². The molecule has 1 aliphatic carbocycles. The number of halogens is 1. The van der Waals surface area contributed by atoms with E-state index in [4.69, 9.17) is 17.4 Å². The summed E-state index contributed by atoms with van der Waals surface area (Å²) in [6.07, 6.45) is 9.86. The molecule has 2 nitrogen and oxygen atoms in total. The van der Waals surface area contributed by atoms with Crippen molar-refractivity contribution >= 4 is 22.9 Å². The van der Waals surface area contributed by atoms with Crippen molar-refractivity contribution in [1.29, 1.82) is 0 Å². The molecule has 1 aromatic heterocycles. The van der Waals surface area contributed by atoms with Crippen LogP contribution in [0.15, 0.2) is 23.1 Å². The normalized spacial score (nSPS) is 22.4. The molecular weight excluding hydrogens is 252 g/mol. The highest BCUT2D eigenvalue weighted by atomic mass is 35.5. The van der Waals surface area contributed by atoms with Crippen LogP contribution < -0.4 is 11.3 Å². The Morgan fingerprint density at radius 3 is 2.82 bits per heavy atom. The summed E-state index contributed by atoms with van der Waals surface area (Å²) in [5.74, 6) is 5.71. The number of allylic oxidation sites excluding steroid dienone is 1. The Morgan fingerprint density at radius 1 is 1.29 bits per heavy atom. The van der Waals surface area contributed by atoms with Crippen LogP contribution in [0.25, 0.3) is 0 Å². The Labute approximate surface area is 112 Å². The molecule has 4 heteroatoms. The monoisotopic (exact) mass is 270 g/mol. The third-order valence-corrected chi connectivity index (χ3v) is 4.69. The van der Waals surface area contributed by atoms with E-state index in [0.717, 1.165) is 22.7 Å². The highest BCUT2D eigenvalue weighted by molar-refractivity contribution is 7.10. The van der Waals surface area contributed by atoms with Gasteiger partial charge in [-0.25, -0.2) is 5.43 Å². The molecule has 1 aliphatic rings. The van der Waals surface area contributed by atoms with E-state index in [2.05, 4.69) is 11.5 Å². The van der Waals surface area contributed by atoms with Gasteiger partial charge in [0.1, 0.15) is 0 Å². The molecule has 0 fully saturated rings. The second kappa shape index (κ2) is 6.55. The maximum atomic E-state index is 6.19. The van der Waals surface area contributed by atoms with Gasteiger partial charge in [-0.15, -0.1) is 11.3 Å². The van der Waals surface area contributed by atoms with Gasteiger partial charge in [0.2, 0.25) is 0 Å². The van der Waals surface area contributed by atoms with Gasteiger partial charge in [-0.1, -0.05) is 36.1 Å². The number of nitrogens with two attached hydrogens (primary N) is 1. The molecule has 0 saturated carbocycles. The first kappa shape index (κ1) is 13.1. The summed E-state index contributed by atoms with van der Waals surface area (Å²) >= 11 is 7.87. The molecule has 17 heavy (non-hydrogen) atoms. The van der Waals surface area contributed by atoms with E-state index in [1.165, 1.54) is 31.3 Å². The molecule has 0 radical (unpaired) electrons. The first-order valence-electron chi connectivity index (χ1n) is 6.21. The van der Waals surface area contributed by atoms with Crippen molar-refractivity contribution in [1.82, 2.24) is 5.43 Å². The fourth-order valence-corrected chi connectivity index (χ4v) is 3.61. The molecule has 0 bridgehead atoms. The number of thiophene rings is 1. The second-order valence-corrected chi connectivity index (χ2v) is 5.82. The minimum Gasteiger partial charge on any atom is -0.271 e. The van der Waals surface area contributed by atoms with Crippen LogP contribution >= 0.6 is 22.9 Å².